The number of hydrogen-bond donors (Lipinski definition) is 1. The fraction of sp³-hybridized carbons (Fsp3) is 0.700. The van der Waals surface area contributed by atoms with Crippen molar-refractivity contribution >= 4 is 11.8 Å². The Hall–Kier alpha value is -0.480. The monoisotopic (exact) mass is 214 g/mol. The number of aromatic nitrogens is 1. The number of hydrogen-bond acceptors (Lipinski definition) is 4. The fourth-order valence-electron chi connectivity index (χ4n) is 1.14. The van der Waals surface area contributed by atoms with E-state index in [0.29, 0.717) is 11.3 Å². The fourth-order valence-corrected chi connectivity index (χ4v) is 2.05. The van der Waals surface area contributed by atoms with Crippen LogP contribution in [0.5, 0.6) is 0 Å². The Balaban J connectivity index is 2.43. The second-order valence-electron chi connectivity index (χ2n) is 3.42. The molecule has 0 amide bonds. The Morgan fingerprint density at radius 3 is 2.79 bits per heavy atom. The summed E-state index contributed by atoms with van der Waals surface area (Å²) in [5, 5.41) is 4.61. The van der Waals surface area contributed by atoms with Crippen molar-refractivity contribution in [2.24, 2.45) is 0 Å². The molecule has 0 spiro atoms. The molecular weight excluding hydrogens is 196 g/mol. The summed E-state index contributed by atoms with van der Waals surface area (Å²) < 4.78 is 5.29. The Labute approximate surface area is 89.7 Å². The van der Waals surface area contributed by atoms with Crippen LogP contribution >= 0.6 is 11.8 Å². The van der Waals surface area contributed by atoms with E-state index in [4.69, 9.17) is 4.42 Å². The summed E-state index contributed by atoms with van der Waals surface area (Å²) in [7, 11) is 0. The maximum absolute atomic E-state index is 5.29. The van der Waals surface area contributed by atoms with Crippen molar-refractivity contribution in [1.82, 2.24) is 10.3 Å². The SMILES string of the molecule is CCNC(C)C(C)Sc1nc(C)co1. The third kappa shape index (κ3) is 3.35. The first kappa shape index (κ1) is 11.6. The molecule has 1 aromatic rings. The minimum Gasteiger partial charge on any atom is -0.440 e. The molecule has 0 bridgehead atoms. The van der Waals surface area contributed by atoms with E-state index in [1.165, 1.54) is 0 Å². The smallest absolute Gasteiger partial charge is 0.256 e. The number of thioether (sulfide) groups is 1. The first-order valence-electron chi connectivity index (χ1n) is 4.95. The van der Waals surface area contributed by atoms with E-state index in [2.05, 4.69) is 31.1 Å². The van der Waals surface area contributed by atoms with Gasteiger partial charge in [-0.3, -0.25) is 0 Å². The molecule has 3 nitrogen and oxygen atoms in total. The molecule has 1 heterocycles. The van der Waals surface area contributed by atoms with Crippen molar-refractivity contribution in [3.05, 3.63) is 12.0 Å². The third-order valence-electron chi connectivity index (χ3n) is 2.11. The lowest BCUT2D eigenvalue weighted by molar-refractivity contribution is 0.450. The van der Waals surface area contributed by atoms with Crippen LogP contribution in [0.1, 0.15) is 26.5 Å². The highest BCUT2D eigenvalue weighted by atomic mass is 32.2. The van der Waals surface area contributed by atoms with E-state index >= 15 is 0 Å². The van der Waals surface area contributed by atoms with Gasteiger partial charge in [-0.05, 0) is 20.4 Å². The normalized spacial score (nSPS) is 15.4. The zero-order chi connectivity index (χ0) is 10.6. The van der Waals surface area contributed by atoms with Crippen molar-refractivity contribution in [1.29, 1.82) is 0 Å². The second kappa shape index (κ2) is 5.41. The molecule has 0 aliphatic rings. The second-order valence-corrected chi connectivity index (χ2v) is 4.75. The minimum absolute atomic E-state index is 0.466. The molecule has 1 N–H and O–H groups in total. The number of aryl methyl sites for hydroxylation is 1. The maximum atomic E-state index is 5.29. The minimum atomic E-state index is 0.466. The first-order valence-corrected chi connectivity index (χ1v) is 5.83. The van der Waals surface area contributed by atoms with Gasteiger partial charge in [0.25, 0.3) is 5.22 Å². The van der Waals surface area contributed by atoms with E-state index in [1.54, 1.807) is 18.0 Å². The van der Waals surface area contributed by atoms with Gasteiger partial charge in [-0.2, -0.15) is 0 Å². The highest BCUT2D eigenvalue weighted by molar-refractivity contribution is 7.99. The van der Waals surface area contributed by atoms with E-state index in [9.17, 15) is 0 Å². The summed E-state index contributed by atoms with van der Waals surface area (Å²) in [4.78, 5) is 4.26. The molecule has 14 heavy (non-hydrogen) atoms. The van der Waals surface area contributed by atoms with Crippen molar-refractivity contribution in [2.45, 2.75) is 44.2 Å². The van der Waals surface area contributed by atoms with Crippen LogP contribution in [-0.2, 0) is 0 Å². The number of nitrogens with one attached hydrogen (secondary N) is 1. The number of nitrogens with zero attached hydrogens (tertiary/aromatic N) is 1. The molecule has 0 radical (unpaired) electrons. The van der Waals surface area contributed by atoms with Crippen LogP contribution in [0.15, 0.2) is 15.9 Å². The molecule has 0 aliphatic heterocycles. The highest BCUT2D eigenvalue weighted by Gasteiger charge is 2.14. The van der Waals surface area contributed by atoms with Crippen LogP contribution in [0.2, 0.25) is 0 Å². The average molecular weight is 214 g/mol. The summed E-state index contributed by atoms with van der Waals surface area (Å²) in [6, 6.07) is 0.470. The summed E-state index contributed by atoms with van der Waals surface area (Å²) in [6.45, 7) is 9.40. The predicted molar refractivity (Wildman–Crippen MR) is 59.7 cm³/mol. The molecule has 2 atom stereocenters. The maximum Gasteiger partial charge on any atom is 0.256 e. The molecule has 0 saturated heterocycles. The van der Waals surface area contributed by atoms with Gasteiger partial charge in [-0.25, -0.2) is 4.98 Å². The lowest BCUT2D eigenvalue weighted by Gasteiger charge is -2.18. The molecule has 0 fully saturated rings. The third-order valence-corrected chi connectivity index (χ3v) is 3.28. The molecule has 1 rings (SSSR count). The van der Waals surface area contributed by atoms with Crippen molar-refractivity contribution in [3.63, 3.8) is 0 Å². The van der Waals surface area contributed by atoms with Crippen LogP contribution < -0.4 is 5.32 Å². The predicted octanol–water partition coefficient (Wildman–Crippen LogP) is 2.46. The molecule has 80 valence electrons. The van der Waals surface area contributed by atoms with E-state index < -0.39 is 0 Å². The molecule has 1 aromatic heterocycles. The van der Waals surface area contributed by atoms with Crippen LogP contribution in [0.4, 0.5) is 0 Å². The van der Waals surface area contributed by atoms with Crippen LogP contribution in [0, 0.1) is 6.92 Å². The van der Waals surface area contributed by atoms with Crippen molar-refractivity contribution in [2.75, 3.05) is 6.54 Å². The van der Waals surface area contributed by atoms with Gasteiger partial charge < -0.3 is 9.73 Å². The van der Waals surface area contributed by atoms with Gasteiger partial charge in [0.15, 0.2) is 0 Å². The summed E-state index contributed by atoms with van der Waals surface area (Å²) in [5.74, 6) is 0. The lowest BCUT2D eigenvalue weighted by atomic mass is 10.2. The van der Waals surface area contributed by atoms with Crippen LogP contribution in [-0.4, -0.2) is 22.8 Å². The summed E-state index contributed by atoms with van der Waals surface area (Å²) in [6.07, 6.45) is 1.69. The van der Waals surface area contributed by atoms with Gasteiger partial charge in [0.05, 0.1) is 5.69 Å². The quantitative estimate of drug-likeness (QED) is 0.764. The largest absolute Gasteiger partial charge is 0.440 e. The highest BCUT2D eigenvalue weighted by Crippen LogP contribution is 2.24. The van der Waals surface area contributed by atoms with E-state index in [1.807, 2.05) is 6.92 Å². The molecule has 4 heteroatoms. The number of oxazole rings is 1. The Morgan fingerprint density at radius 2 is 2.29 bits per heavy atom. The topological polar surface area (TPSA) is 38.1 Å². The number of rotatable bonds is 5. The molecule has 0 aromatic carbocycles. The Morgan fingerprint density at radius 1 is 1.57 bits per heavy atom. The standard InChI is InChI=1S/C10H18N2OS/c1-5-11-8(3)9(4)14-10-12-7(2)6-13-10/h6,8-9,11H,5H2,1-4H3. The Kier molecular flexibility index (Phi) is 4.48. The van der Waals surface area contributed by atoms with Crippen LogP contribution in [0.3, 0.4) is 0 Å². The molecule has 2 unspecified atom stereocenters. The van der Waals surface area contributed by atoms with Gasteiger partial charge in [-0.15, -0.1) is 0 Å². The van der Waals surface area contributed by atoms with Gasteiger partial charge >= 0.3 is 0 Å². The zero-order valence-corrected chi connectivity index (χ0v) is 10.0. The zero-order valence-electron chi connectivity index (χ0n) is 9.20. The van der Waals surface area contributed by atoms with E-state index in [0.717, 1.165) is 17.5 Å². The van der Waals surface area contributed by atoms with Crippen LogP contribution in [0.25, 0.3) is 0 Å². The molecular formula is C10H18N2OS. The van der Waals surface area contributed by atoms with Gasteiger partial charge in [0, 0.05) is 11.3 Å². The van der Waals surface area contributed by atoms with Crippen molar-refractivity contribution < 1.29 is 4.42 Å². The molecule has 0 saturated carbocycles. The van der Waals surface area contributed by atoms with Gasteiger partial charge in [-0.1, -0.05) is 25.6 Å². The lowest BCUT2D eigenvalue weighted by Crippen LogP contribution is -2.33. The summed E-state index contributed by atoms with van der Waals surface area (Å²) >= 11 is 1.67. The Bertz CT molecular complexity index is 275. The van der Waals surface area contributed by atoms with Gasteiger partial charge in [0.2, 0.25) is 0 Å². The average Bonchev–Trinajstić information content (AvgIpc) is 2.51. The van der Waals surface area contributed by atoms with Crippen molar-refractivity contribution in [3.8, 4) is 0 Å². The summed E-state index contributed by atoms with van der Waals surface area (Å²) in [5.41, 5.74) is 0.941. The van der Waals surface area contributed by atoms with Gasteiger partial charge in [0.1, 0.15) is 6.26 Å². The van der Waals surface area contributed by atoms with E-state index in [-0.39, 0.29) is 0 Å². The first-order chi connectivity index (χ1) is 6.63. The molecule has 0 aliphatic carbocycles.